The van der Waals surface area contributed by atoms with Gasteiger partial charge in [-0.05, 0) is 62.3 Å². The maximum absolute atomic E-state index is 6.25. The second-order valence-electron chi connectivity index (χ2n) is 5.30. The Morgan fingerprint density at radius 3 is 2.61 bits per heavy atom. The summed E-state index contributed by atoms with van der Waals surface area (Å²) in [7, 11) is 0. The van der Waals surface area contributed by atoms with Crippen molar-refractivity contribution in [1.82, 2.24) is 0 Å². The molecule has 18 heavy (non-hydrogen) atoms. The molecule has 0 aliphatic heterocycles. The van der Waals surface area contributed by atoms with Crippen molar-refractivity contribution < 1.29 is 4.74 Å². The lowest BCUT2D eigenvalue weighted by atomic mass is 9.89. The zero-order valence-corrected chi connectivity index (χ0v) is 11.7. The number of hydrogen-bond acceptors (Lipinski definition) is 2. The lowest BCUT2D eigenvalue weighted by Gasteiger charge is -2.27. The molecule has 1 aliphatic rings. The van der Waals surface area contributed by atoms with E-state index in [0.29, 0.717) is 17.7 Å². The summed E-state index contributed by atoms with van der Waals surface area (Å²) in [6.45, 7) is 2.96. The highest BCUT2D eigenvalue weighted by molar-refractivity contribution is 6.32. The molecule has 0 unspecified atom stereocenters. The van der Waals surface area contributed by atoms with Crippen molar-refractivity contribution in [3.63, 3.8) is 0 Å². The molecule has 1 aliphatic carbocycles. The van der Waals surface area contributed by atoms with Gasteiger partial charge in [-0.1, -0.05) is 24.6 Å². The summed E-state index contributed by atoms with van der Waals surface area (Å²) < 4.78 is 6.00. The third kappa shape index (κ3) is 3.63. The summed E-state index contributed by atoms with van der Waals surface area (Å²) in [6, 6.07) is 6.00. The molecule has 0 heterocycles. The number of ether oxygens (including phenoxy) is 1. The average molecular weight is 268 g/mol. The zero-order valence-electron chi connectivity index (χ0n) is 11.0. The second-order valence-corrected chi connectivity index (χ2v) is 5.71. The van der Waals surface area contributed by atoms with Crippen molar-refractivity contribution in [1.29, 1.82) is 0 Å². The molecule has 1 fully saturated rings. The van der Waals surface area contributed by atoms with E-state index in [1.807, 2.05) is 12.1 Å². The van der Waals surface area contributed by atoms with E-state index in [1.165, 1.54) is 18.4 Å². The molecule has 0 bridgehead atoms. The van der Waals surface area contributed by atoms with Crippen LogP contribution in [0.1, 0.15) is 38.2 Å². The Morgan fingerprint density at radius 1 is 1.28 bits per heavy atom. The van der Waals surface area contributed by atoms with E-state index in [1.54, 1.807) is 0 Å². The van der Waals surface area contributed by atoms with Gasteiger partial charge >= 0.3 is 0 Å². The number of nitrogens with two attached hydrogens (primary N) is 1. The topological polar surface area (TPSA) is 35.2 Å². The summed E-state index contributed by atoms with van der Waals surface area (Å²) in [5, 5.41) is 0.708. The highest BCUT2D eigenvalue weighted by Crippen LogP contribution is 2.31. The minimum absolute atomic E-state index is 0.332. The Kier molecular flexibility index (Phi) is 4.90. The quantitative estimate of drug-likeness (QED) is 0.901. The predicted octanol–water partition coefficient (Wildman–Crippen LogP) is 3.80. The van der Waals surface area contributed by atoms with Gasteiger partial charge in [-0.15, -0.1) is 0 Å². The van der Waals surface area contributed by atoms with Crippen molar-refractivity contribution in [2.45, 2.75) is 45.1 Å². The van der Waals surface area contributed by atoms with Crippen molar-refractivity contribution in [3.05, 3.63) is 28.8 Å². The van der Waals surface area contributed by atoms with E-state index in [-0.39, 0.29) is 0 Å². The maximum Gasteiger partial charge on any atom is 0.138 e. The third-order valence-corrected chi connectivity index (χ3v) is 3.98. The maximum atomic E-state index is 6.25. The molecule has 0 amide bonds. The van der Waals surface area contributed by atoms with Crippen molar-refractivity contribution in [3.8, 4) is 5.75 Å². The first kappa shape index (κ1) is 13.7. The van der Waals surface area contributed by atoms with Crippen LogP contribution < -0.4 is 10.5 Å². The zero-order chi connectivity index (χ0) is 13.0. The van der Waals surface area contributed by atoms with Crippen LogP contribution in [0.2, 0.25) is 5.02 Å². The normalized spacial score (nSPS) is 23.9. The van der Waals surface area contributed by atoms with Gasteiger partial charge in [0, 0.05) is 0 Å². The molecule has 1 saturated carbocycles. The minimum Gasteiger partial charge on any atom is -0.489 e. The van der Waals surface area contributed by atoms with Gasteiger partial charge in [0.25, 0.3) is 0 Å². The van der Waals surface area contributed by atoms with Crippen molar-refractivity contribution >= 4 is 11.6 Å². The van der Waals surface area contributed by atoms with E-state index in [0.717, 1.165) is 30.9 Å². The van der Waals surface area contributed by atoms with E-state index in [4.69, 9.17) is 22.1 Å². The van der Waals surface area contributed by atoms with Gasteiger partial charge in [0.15, 0.2) is 0 Å². The fourth-order valence-electron chi connectivity index (χ4n) is 2.49. The van der Waals surface area contributed by atoms with Gasteiger partial charge in [-0.3, -0.25) is 0 Å². The van der Waals surface area contributed by atoms with Crippen molar-refractivity contribution in [2.75, 3.05) is 6.54 Å². The van der Waals surface area contributed by atoms with E-state index in [2.05, 4.69) is 13.0 Å². The smallest absolute Gasteiger partial charge is 0.138 e. The Morgan fingerprint density at radius 2 is 2.00 bits per heavy atom. The molecule has 2 rings (SSSR count). The van der Waals surface area contributed by atoms with Gasteiger partial charge in [0.2, 0.25) is 0 Å². The molecule has 0 atom stereocenters. The summed E-state index contributed by atoms with van der Waals surface area (Å²) in [4.78, 5) is 0. The lowest BCUT2D eigenvalue weighted by molar-refractivity contribution is 0.135. The Hall–Kier alpha value is -0.730. The van der Waals surface area contributed by atoms with E-state index in [9.17, 15) is 0 Å². The fourth-order valence-corrected chi connectivity index (χ4v) is 2.74. The Balaban J connectivity index is 1.96. The first-order valence-electron chi connectivity index (χ1n) is 6.84. The van der Waals surface area contributed by atoms with Crippen LogP contribution in [-0.2, 0) is 6.42 Å². The molecule has 0 saturated heterocycles. The summed E-state index contributed by atoms with van der Waals surface area (Å²) in [5.74, 6) is 1.66. The largest absolute Gasteiger partial charge is 0.489 e. The SMILES string of the molecule is CC1CCC(Oc2ccc(CCN)cc2Cl)CC1. The van der Waals surface area contributed by atoms with Crippen LogP contribution in [0.4, 0.5) is 0 Å². The standard InChI is InChI=1S/C15H22ClNO/c1-11-2-5-13(6-3-11)18-15-7-4-12(8-9-17)10-14(15)16/h4,7,10-11,13H,2-3,5-6,8-9,17H2,1H3. The van der Waals surface area contributed by atoms with Crippen LogP contribution >= 0.6 is 11.6 Å². The van der Waals surface area contributed by atoms with Crippen LogP contribution in [0.3, 0.4) is 0 Å². The Labute approximate surface area is 114 Å². The van der Waals surface area contributed by atoms with Crippen LogP contribution in [0.5, 0.6) is 5.75 Å². The van der Waals surface area contributed by atoms with Gasteiger partial charge in [0.05, 0.1) is 11.1 Å². The number of halogens is 1. The molecule has 0 aromatic heterocycles. The van der Waals surface area contributed by atoms with E-state index < -0.39 is 0 Å². The van der Waals surface area contributed by atoms with Crippen LogP contribution in [0, 0.1) is 5.92 Å². The van der Waals surface area contributed by atoms with Gasteiger partial charge in [0.1, 0.15) is 5.75 Å². The second kappa shape index (κ2) is 6.44. The molecule has 3 heteroatoms. The van der Waals surface area contributed by atoms with Crippen molar-refractivity contribution in [2.24, 2.45) is 11.7 Å². The highest BCUT2D eigenvalue weighted by Gasteiger charge is 2.20. The predicted molar refractivity (Wildman–Crippen MR) is 76.3 cm³/mol. The molecular formula is C15H22ClNO. The minimum atomic E-state index is 0.332. The fraction of sp³-hybridized carbons (Fsp3) is 0.600. The van der Waals surface area contributed by atoms with Crippen LogP contribution in [0.15, 0.2) is 18.2 Å². The van der Waals surface area contributed by atoms with Gasteiger partial charge < -0.3 is 10.5 Å². The van der Waals surface area contributed by atoms with Gasteiger partial charge in [-0.2, -0.15) is 0 Å². The summed E-state index contributed by atoms with van der Waals surface area (Å²) in [5.41, 5.74) is 6.71. The molecule has 0 radical (unpaired) electrons. The molecule has 100 valence electrons. The van der Waals surface area contributed by atoms with Gasteiger partial charge in [-0.25, -0.2) is 0 Å². The van der Waals surface area contributed by atoms with Crippen LogP contribution in [-0.4, -0.2) is 12.6 Å². The van der Waals surface area contributed by atoms with Crippen LogP contribution in [0.25, 0.3) is 0 Å². The number of rotatable bonds is 4. The molecule has 0 spiro atoms. The average Bonchev–Trinajstić information content (AvgIpc) is 2.36. The first-order chi connectivity index (χ1) is 8.69. The highest BCUT2D eigenvalue weighted by atomic mass is 35.5. The lowest BCUT2D eigenvalue weighted by Crippen LogP contribution is -2.23. The monoisotopic (exact) mass is 267 g/mol. The number of benzene rings is 1. The Bertz CT molecular complexity index is 386. The molecule has 2 N–H and O–H groups in total. The summed E-state index contributed by atoms with van der Waals surface area (Å²) in [6.07, 6.45) is 5.99. The molecule has 1 aromatic carbocycles. The van der Waals surface area contributed by atoms with E-state index >= 15 is 0 Å². The summed E-state index contributed by atoms with van der Waals surface area (Å²) >= 11 is 6.25. The third-order valence-electron chi connectivity index (χ3n) is 3.69. The molecule has 2 nitrogen and oxygen atoms in total. The molecule has 1 aromatic rings. The first-order valence-corrected chi connectivity index (χ1v) is 7.22. The molecular weight excluding hydrogens is 246 g/mol. The number of hydrogen-bond donors (Lipinski definition) is 1.